The van der Waals surface area contributed by atoms with Crippen molar-refractivity contribution in [2.45, 2.75) is 26.8 Å². The first kappa shape index (κ1) is 18.7. The standard InChI is InChI=1S/C12H21N3O6/c1-4-21-11(19)7-15(8(2)3)12(20)14-5-9(16)13-6-10(17)18/h8H,4-7H2,1-3H3,(H,13,16)(H,14,20)(H,17,18). The minimum absolute atomic E-state index is 0.212. The molecular formula is C12H21N3O6. The fourth-order valence-electron chi connectivity index (χ4n) is 1.33. The van der Waals surface area contributed by atoms with E-state index in [0.717, 1.165) is 0 Å². The Morgan fingerprint density at radius 1 is 1.14 bits per heavy atom. The van der Waals surface area contributed by atoms with Gasteiger partial charge in [-0.15, -0.1) is 0 Å². The van der Waals surface area contributed by atoms with Gasteiger partial charge in [0.25, 0.3) is 0 Å². The van der Waals surface area contributed by atoms with E-state index in [-0.39, 0.29) is 25.7 Å². The quantitative estimate of drug-likeness (QED) is 0.503. The van der Waals surface area contributed by atoms with Crippen molar-refractivity contribution in [2.75, 3.05) is 26.2 Å². The summed E-state index contributed by atoms with van der Waals surface area (Å²) in [6.45, 7) is 4.17. The van der Waals surface area contributed by atoms with E-state index in [4.69, 9.17) is 9.84 Å². The lowest BCUT2D eigenvalue weighted by Gasteiger charge is -2.25. The highest BCUT2D eigenvalue weighted by Gasteiger charge is 2.21. The molecule has 0 heterocycles. The molecule has 0 aliphatic carbocycles. The van der Waals surface area contributed by atoms with Crippen LogP contribution in [0.3, 0.4) is 0 Å². The van der Waals surface area contributed by atoms with Crippen molar-refractivity contribution in [3.05, 3.63) is 0 Å². The van der Waals surface area contributed by atoms with Gasteiger partial charge in [-0.3, -0.25) is 14.4 Å². The third kappa shape index (κ3) is 8.45. The molecule has 0 rings (SSSR count). The highest BCUT2D eigenvalue weighted by molar-refractivity contribution is 5.87. The van der Waals surface area contributed by atoms with E-state index in [2.05, 4.69) is 10.6 Å². The van der Waals surface area contributed by atoms with Crippen LogP contribution < -0.4 is 10.6 Å². The van der Waals surface area contributed by atoms with Gasteiger partial charge in [0.2, 0.25) is 5.91 Å². The number of hydrogen-bond donors (Lipinski definition) is 3. The highest BCUT2D eigenvalue weighted by Crippen LogP contribution is 1.99. The van der Waals surface area contributed by atoms with E-state index >= 15 is 0 Å². The van der Waals surface area contributed by atoms with Gasteiger partial charge in [-0.2, -0.15) is 0 Å². The number of carbonyl (C=O) groups is 4. The molecule has 0 fully saturated rings. The van der Waals surface area contributed by atoms with Crippen LogP contribution in [0.4, 0.5) is 4.79 Å². The summed E-state index contributed by atoms with van der Waals surface area (Å²) in [6, 6.07) is -0.875. The fourth-order valence-corrected chi connectivity index (χ4v) is 1.33. The third-order valence-corrected chi connectivity index (χ3v) is 2.33. The molecule has 3 amide bonds. The molecule has 0 aromatic heterocycles. The predicted octanol–water partition coefficient (Wildman–Crippen LogP) is -0.830. The molecule has 21 heavy (non-hydrogen) atoms. The average Bonchev–Trinajstić information content (AvgIpc) is 2.39. The van der Waals surface area contributed by atoms with E-state index in [1.165, 1.54) is 4.90 Å². The van der Waals surface area contributed by atoms with E-state index < -0.39 is 30.4 Å². The Morgan fingerprint density at radius 2 is 1.76 bits per heavy atom. The van der Waals surface area contributed by atoms with Crippen molar-refractivity contribution in [1.29, 1.82) is 0 Å². The number of urea groups is 1. The maximum Gasteiger partial charge on any atom is 0.325 e. The summed E-state index contributed by atoms with van der Waals surface area (Å²) in [5, 5.41) is 12.8. The fraction of sp³-hybridized carbons (Fsp3) is 0.667. The maximum absolute atomic E-state index is 11.9. The smallest absolute Gasteiger partial charge is 0.325 e. The summed E-state index contributed by atoms with van der Waals surface area (Å²) in [5.41, 5.74) is 0. The Bertz CT molecular complexity index is 396. The number of carbonyl (C=O) groups excluding carboxylic acids is 3. The second-order valence-electron chi connectivity index (χ2n) is 4.36. The van der Waals surface area contributed by atoms with Crippen LogP contribution >= 0.6 is 0 Å². The van der Waals surface area contributed by atoms with Crippen molar-refractivity contribution in [2.24, 2.45) is 0 Å². The van der Waals surface area contributed by atoms with E-state index in [1.807, 2.05) is 0 Å². The van der Waals surface area contributed by atoms with Crippen LogP contribution in [-0.4, -0.2) is 66.2 Å². The van der Waals surface area contributed by atoms with Gasteiger partial charge in [0.05, 0.1) is 13.2 Å². The molecule has 0 atom stereocenters. The number of carboxylic acids is 1. The molecule has 0 bridgehead atoms. The van der Waals surface area contributed by atoms with Gasteiger partial charge in [-0.05, 0) is 20.8 Å². The SMILES string of the molecule is CCOC(=O)CN(C(=O)NCC(=O)NCC(=O)O)C(C)C. The maximum atomic E-state index is 11.9. The number of hydrogen-bond acceptors (Lipinski definition) is 5. The summed E-state index contributed by atoms with van der Waals surface area (Å²) < 4.78 is 4.76. The van der Waals surface area contributed by atoms with Crippen LogP contribution in [-0.2, 0) is 19.1 Å². The minimum atomic E-state index is -1.18. The number of aliphatic carboxylic acids is 1. The van der Waals surface area contributed by atoms with Crippen molar-refractivity contribution in [1.82, 2.24) is 15.5 Å². The highest BCUT2D eigenvalue weighted by atomic mass is 16.5. The number of nitrogens with zero attached hydrogens (tertiary/aromatic N) is 1. The van der Waals surface area contributed by atoms with Crippen LogP contribution in [0.2, 0.25) is 0 Å². The van der Waals surface area contributed by atoms with Gasteiger partial charge in [-0.25, -0.2) is 4.79 Å². The molecule has 0 saturated carbocycles. The average molecular weight is 303 g/mol. The van der Waals surface area contributed by atoms with Gasteiger partial charge in [0, 0.05) is 6.04 Å². The third-order valence-electron chi connectivity index (χ3n) is 2.33. The van der Waals surface area contributed by atoms with Gasteiger partial charge in [0.15, 0.2) is 0 Å². The zero-order chi connectivity index (χ0) is 16.4. The first-order valence-electron chi connectivity index (χ1n) is 6.46. The molecule has 120 valence electrons. The van der Waals surface area contributed by atoms with Crippen molar-refractivity contribution in [3.63, 3.8) is 0 Å². The van der Waals surface area contributed by atoms with Crippen molar-refractivity contribution < 1.29 is 29.0 Å². The van der Waals surface area contributed by atoms with Crippen LogP contribution in [0.5, 0.6) is 0 Å². The Balaban J connectivity index is 4.33. The number of esters is 1. The van der Waals surface area contributed by atoms with Gasteiger partial charge in [0.1, 0.15) is 13.1 Å². The molecule has 0 aromatic rings. The first-order valence-corrected chi connectivity index (χ1v) is 6.46. The molecule has 0 aliphatic heterocycles. The van der Waals surface area contributed by atoms with Crippen LogP contribution in [0.25, 0.3) is 0 Å². The molecule has 0 unspecified atom stereocenters. The van der Waals surface area contributed by atoms with Gasteiger partial charge in [-0.1, -0.05) is 0 Å². The summed E-state index contributed by atoms with van der Waals surface area (Å²) in [6.07, 6.45) is 0. The molecule has 0 radical (unpaired) electrons. The number of carboxylic acid groups (broad SMARTS) is 1. The summed E-state index contributed by atoms with van der Waals surface area (Å²) in [7, 11) is 0. The van der Waals surface area contributed by atoms with E-state index in [1.54, 1.807) is 20.8 Å². The molecule has 0 saturated heterocycles. The van der Waals surface area contributed by atoms with E-state index in [0.29, 0.717) is 0 Å². The monoisotopic (exact) mass is 303 g/mol. The van der Waals surface area contributed by atoms with Crippen LogP contribution in [0.1, 0.15) is 20.8 Å². The van der Waals surface area contributed by atoms with Crippen molar-refractivity contribution in [3.8, 4) is 0 Å². The zero-order valence-corrected chi connectivity index (χ0v) is 12.3. The number of ether oxygens (including phenoxy) is 1. The molecule has 0 aromatic carbocycles. The molecule has 0 aliphatic rings. The molecule has 0 spiro atoms. The second-order valence-corrected chi connectivity index (χ2v) is 4.36. The molecule has 9 nitrogen and oxygen atoms in total. The summed E-state index contributed by atoms with van der Waals surface area (Å²) in [4.78, 5) is 46.0. The Kier molecular flexibility index (Phi) is 8.51. The molecular weight excluding hydrogens is 282 g/mol. The second kappa shape index (κ2) is 9.56. The minimum Gasteiger partial charge on any atom is -0.480 e. The zero-order valence-electron chi connectivity index (χ0n) is 12.3. The lowest BCUT2D eigenvalue weighted by atomic mass is 10.3. The van der Waals surface area contributed by atoms with Gasteiger partial charge >= 0.3 is 18.0 Å². The van der Waals surface area contributed by atoms with E-state index in [9.17, 15) is 19.2 Å². The van der Waals surface area contributed by atoms with Crippen LogP contribution in [0, 0.1) is 0 Å². The predicted molar refractivity (Wildman–Crippen MR) is 72.5 cm³/mol. The summed E-state index contributed by atoms with van der Waals surface area (Å²) in [5.74, 6) is -2.36. The Labute approximate surface area is 122 Å². The number of nitrogens with one attached hydrogen (secondary N) is 2. The normalized spacial score (nSPS) is 9.90. The lowest BCUT2D eigenvalue weighted by Crippen LogP contribution is -2.49. The number of rotatable bonds is 8. The first-order chi connectivity index (χ1) is 9.77. The lowest BCUT2D eigenvalue weighted by molar-refractivity contribution is -0.144. The molecule has 9 heteroatoms. The van der Waals surface area contributed by atoms with Gasteiger partial charge < -0.3 is 25.4 Å². The molecule has 3 N–H and O–H groups in total. The Morgan fingerprint density at radius 3 is 2.24 bits per heavy atom. The van der Waals surface area contributed by atoms with Crippen LogP contribution in [0.15, 0.2) is 0 Å². The van der Waals surface area contributed by atoms with Crippen molar-refractivity contribution >= 4 is 23.9 Å². The topological polar surface area (TPSA) is 125 Å². The largest absolute Gasteiger partial charge is 0.480 e. The Hall–Kier alpha value is -2.32. The summed E-state index contributed by atoms with van der Waals surface area (Å²) >= 11 is 0. The number of amides is 3.